The molecule has 0 heterocycles. The van der Waals surface area contributed by atoms with E-state index in [1.165, 1.54) is 6.07 Å². The van der Waals surface area contributed by atoms with E-state index in [9.17, 15) is 22.0 Å². The fourth-order valence-electron chi connectivity index (χ4n) is 3.21. The van der Waals surface area contributed by atoms with Crippen LogP contribution < -0.4 is 0 Å². The Hall–Kier alpha value is -2.43. The molecule has 0 aliphatic carbocycles. The van der Waals surface area contributed by atoms with Gasteiger partial charge in [-0.3, -0.25) is 0 Å². The standard InChI is InChI=1S/C22H19F5/c1-2-3-4-5-14-6-9-17-15(12-14)7-10-18(21(17)24)16-8-11-19(20(23)13-16)22(25,26)27/h6-13H,2-5H2,1H3. The van der Waals surface area contributed by atoms with E-state index in [-0.39, 0.29) is 11.1 Å². The van der Waals surface area contributed by atoms with E-state index < -0.39 is 23.4 Å². The summed E-state index contributed by atoms with van der Waals surface area (Å²) < 4.78 is 66.9. The van der Waals surface area contributed by atoms with E-state index in [0.29, 0.717) is 11.5 Å². The van der Waals surface area contributed by atoms with Gasteiger partial charge in [0.2, 0.25) is 0 Å². The molecular formula is C22H19F5. The molecule has 0 aliphatic heterocycles. The monoisotopic (exact) mass is 378 g/mol. The lowest BCUT2D eigenvalue weighted by molar-refractivity contribution is -0.139. The van der Waals surface area contributed by atoms with Crippen LogP contribution in [0.1, 0.15) is 37.3 Å². The molecule has 0 aromatic heterocycles. The summed E-state index contributed by atoms with van der Waals surface area (Å²) in [7, 11) is 0. The van der Waals surface area contributed by atoms with Gasteiger partial charge in [-0.05, 0) is 41.5 Å². The molecule has 0 unspecified atom stereocenters. The molecule has 0 spiro atoms. The molecule has 5 heteroatoms. The van der Waals surface area contributed by atoms with Crippen molar-refractivity contribution >= 4 is 10.8 Å². The van der Waals surface area contributed by atoms with Crippen LogP contribution in [0.3, 0.4) is 0 Å². The minimum absolute atomic E-state index is 0.0759. The molecule has 142 valence electrons. The Morgan fingerprint density at radius 2 is 1.63 bits per heavy atom. The molecule has 0 radical (unpaired) electrons. The highest BCUT2D eigenvalue weighted by molar-refractivity contribution is 5.88. The molecule has 0 nitrogen and oxygen atoms in total. The third kappa shape index (κ3) is 4.12. The Bertz CT molecular complexity index is 957. The summed E-state index contributed by atoms with van der Waals surface area (Å²) in [4.78, 5) is 0. The summed E-state index contributed by atoms with van der Waals surface area (Å²) >= 11 is 0. The number of halogens is 5. The lowest BCUT2D eigenvalue weighted by Crippen LogP contribution is -2.07. The highest BCUT2D eigenvalue weighted by Gasteiger charge is 2.34. The van der Waals surface area contributed by atoms with E-state index in [4.69, 9.17) is 0 Å². The number of alkyl halides is 3. The number of rotatable bonds is 5. The van der Waals surface area contributed by atoms with Gasteiger partial charge in [0.1, 0.15) is 11.6 Å². The van der Waals surface area contributed by atoms with Crippen LogP contribution in [-0.2, 0) is 12.6 Å². The fourth-order valence-corrected chi connectivity index (χ4v) is 3.21. The van der Waals surface area contributed by atoms with Gasteiger partial charge in [-0.1, -0.05) is 56.2 Å². The number of hydrogen-bond acceptors (Lipinski definition) is 0. The second-order valence-electron chi connectivity index (χ2n) is 6.63. The SMILES string of the molecule is CCCCCc1ccc2c(F)c(-c3ccc(C(F)(F)F)c(F)c3)ccc2c1. The van der Waals surface area contributed by atoms with Crippen LogP contribution in [0.5, 0.6) is 0 Å². The molecule has 0 N–H and O–H groups in total. The molecule has 0 saturated carbocycles. The molecule has 3 aromatic carbocycles. The molecule has 0 aliphatic rings. The molecule has 0 amide bonds. The predicted molar refractivity (Wildman–Crippen MR) is 97.5 cm³/mol. The van der Waals surface area contributed by atoms with Gasteiger partial charge in [0.15, 0.2) is 0 Å². The van der Waals surface area contributed by atoms with E-state index >= 15 is 0 Å². The Morgan fingerprint density at radius 3 is 2.30 bits per heavy atom. The van der Waals surface area contributed by atoms with Crippen molar-refractivity contribution in [3.8, 4) is 11.1 Å². The van der Waals surface area contributed by atoms with Crippen molar-refractivity contribution < 1.29 is 22.0 Å². The van der Waals surface area contributed by atoms with Crippen LogP contribution in [0, 0.1) is 11.6 Å². The Balaban J connectivity index is 1.97. The zero-order chi connectivity index (χ0) is 19.6. The second kappa shape index (κ2) is 7.67. The van der Waals surface area contributed by atoms with E-state index in [1.54, 1.807) is 12.1 Å². The molecule has 0 bridgehead atoms. The first kappa shape index (κ1) is 19.3. The molecule has 3 rings (SSSR count). The first-order valence-corrected chi connectivity index (χ1v) is 8.89. The average Bonchev–Trinajstić information content (AvgIpc) is 2.61. The van der Waals surface area contributed by atoms with Crippen LogP contribution in [0.15, 0.2) is 48.5 Å². The van der Waals surface area contributed by atoms with Crippen LogP contribution >= 0.6 is 0 Å². The molecule has 0 saturated heterocycles. The summed E-state index contributed by atoms with van der Waals surface area (Å²) in [6, 6.07) is 11.1. The summed E-state index contributed by atoms with van der Waals surface area (Å²) in [6.07, 6.45) is -0.552. The van der Waals surface area contributed by atoms with E-state index in [0.717, 1.165) is 48.8 Å². The van der Waals surface area contributed by atoms with Gasteiger partial charge in [0.05, 0.1) is 5.56 Å². The minimum Gasteiger partial charge on any atom is -0.206 e. The van der Waals surface area contributed by atoms with Gasteiger partial charge < -0.3 is 0 Å². The number of aryl methyl sites for hydroxylation is 1. The summed E-state index contributed by atoms with van der Waals surface area (Å²) in [5.41, 5.74) is -0.0892. The number of hydrogen-bond donors (Lipinski definition) is 0. The number of fused-ring (bicyclic) bond motifs is 1. The van der Waals surface area contributed by atoms with Crippen molar-refractivity contribution in [3.05, 3.63) is 71.3 Å². The van der Waals surface area contributed by atoms with Crippen molar-refractivity contribution in [2.45, 2.75) is 38.8 Å². The van der Waals surface area contributed by atoms with Gasteiger partial charge in [0.25, 0.3) is 0 Å². The Labute approximate surface area is 154 Å². The normalized spacial score (nSPS) is 11.9. The fraction of sp³-hybridized carbons (Fsp3) is 0.273. The van der Waals surface area contributed by atoms with Crippen molar-refractivity contribution in [3.63, 3.8) is 0 Å². The summed E-state index contributed by atoms with van der Waals surface area (Å²) in [5.74, 6) is -1.97. The second-order valence-corrected chi connectivity index (χ2v) is 6.63. The first-order valence-electron chi connectivity index (χ1n) is 8.89. The average molecular weight is 378 g/mol. The zero-order valence-corrected chi connectivity index (χ0v) is 14.8. The van der Waals surface area contributed by atoms with Crippen molar-refractivity contribution in [2.75, 3.05) is 0 Å². The lowest BCUT2D eigenvalue weighted by atomic mass is 9.97. The van der Waals surface area contributed by atoms with Gasteiger partial charge >= 0.3 is 6.18 Å². The largest absolute Gasteiger partial charge is 0.419 e. The van der Waals surface area contributed by atoms with Crippen LogP contribution in [-0.4, -0.2) is 0 Å². The third-order valence-corrected chi connectivity index (χ3v) is 4.67. The molecular weight excluding hydrogens is 359 g/mol. The van der Waals surface area contributed by atoms with Gasteiger partial charge in [-0.2, -0.15) is 13.2 Å². The maximum atomic E-state index is 14.9. The van der Waals surface area contributed by atoms with E-state index in [1.807, 2.05) is 12.1 Å². The zero-order valence-electron chi connectivity index (χ0n) is 14.8. The third-order valence-electron chi connectivity index (χ3n) is 4.67. The highest BCUT2D eigenvalue weighted by atomic mass is 19.4. The summed E-state index contributed by atoms with van der Waals surface area (Å²) in [6.45, 7) is 2.13. The van der Waals surface area contributed by atoms with Gasteiger partial charge in [-0.25, -0.2) is 8.78 Å². The van der Waals surface area contributed by atoms with Crippen molar-refractivity contribution in [1.29, 1.82) is 0 Å². The summed E-state index contributed by atoms with van der Waals surface area (Å²) in [5, 5.41) is 1.09. The molecule has 27 heavy (non-hydrogen) atoms. The molecule has 0 atom stereocenters. The predicted octanol–water partition coefficient (Wildman–Crippen LogP) is 7.54. The van der Waals surface area contributed by atoms with Crippen molar-refractivity contribution in [1.82, 2.24) is 0 Å². The molecule has 0 fully saturated rings. The minimum atomic E-state index is -4.78. The molecule has 3 aromatic rings. The highest BCUT2D eigenvalue weighted by Crippen LogP contribution is 2.35. The quantitative estimate of drug-likeness (QED) is 0.318. The maximum absolute atomic E-state index is 14.9. The topological polar surface area (TPSA) is 0 Å². The Kier molecular flexibility index (Phi) is 5.49. The number of unbranched alkanes of at least 4 members (excludes halogenated alkanes) is 2. The van der Waals surface area contributed by atoms with Crippen LogP contribution in [0.2, 0.25) is 0 Å². The number of benzene rings is 3. The van der Waals surface area contributed by atoms with Crippen molar-refractivity contribution in [2.24, 2.45) is 0 Å². The van der Waals surface area contributed by atoms with Crippen LogP contribution in [0.25, 0.3) is 21.9 Å². The van der Waals surface area contributed by atoms with Gasteiger partial charge in [-0.15, -0.1) is 0 Å². The Morgan fingerprint density at radius 1 is 0.852 bits per heavy atom. The van der Waals surface area contributed by atoms with Gasteiger partial charge in [0, 0.05) is 10.9 Å². The smallest absolute Gasteiger partial charge is 0.206 e. The van der Waals surface area contributed by atoms with Crippen LogP contribution in [0.4, 0.5) is 22.0 Å². The maximum Gasteiger partial charge on any atom is 0.419 e. The first-order chi connectivity index (χ1) is 12.8. The lowest BCUT2D eigenvalue weighted by Gasteiger charge is -2.11. The van der Waals surface area contributed by atoms with E-state index in [2.05, 4.69) is 6.92 Å².